The van der Waals surface area contributed by atoms with E-state index in [0.29, 0.717) is 0 Å². The van der Waals surface area contributed by atoms with Gasteiger partial charge in [-0.2, -0.15) is 0 Å². The van der Waals surface area contributed by atoms with Gasteiger partial charge in [0, 0.05) is 5.54 Å². The second-order valence-electron chi connectivity index (χ2n) is 2.50. The van der Waals surface area contributed by atoms with Gasteiger partial charge < -0.3 is 10.8 Å². The van der Waals surface area contributed by atoms with E-state index in [-0.39, 0.29) is 0 Å². The fourth-order valence-corrected chi connectivity index (χ4v) is 0. The highest BCUT2D eigenvalue weighted by Gasteiger charge is 2.16. The highest BCUT2D eigenvalue weighted by molar-refractivity contribution is 4.77. The van der Waals surface area contributed by atoms with Crippen molar-refractivity contribution < 1.29 is 5.11 Å². The summed E-state index contributed by atoms with van der Waals surface area (Å²) in [5.41, 5.74) is 4.98. The molecule has 0 unspecified atom stereocenters. The Labute approximate surface area is 44.3 Å². The molecule has 0 aliphatic carbocycles. The predicted octanol–water partition coefficient (Wildman–Crippen LogP) is 0.104. The first-order valence-corrected chi connectivity index (χ1v) is 2.41. The van der Waals surface area contributed by atoms with Crippen LogP contribution < -0.4 is 5.73 Å². The molecule has 0 heterocycles. The number of aliphatic hydroxyl groups is 1. The van der Waals surface area contributed by atoms with Gasteiger partial charge in [-0.15, -0.1) is 0 Å². The first-order valence-electron chi connectivity index (χ1n) is 2.41. The molecular formula is C5H13NO. The second kappa shape index (κ2) is 1.80. The number of hydrogen-bond donors (Lipinski definition) is 2. The molecule has 0 spiro atoms. The lowest BCUT2D eigenvalue weighted by Crippen LogP contribution is -2.43. The van der Waals surface area contributed by atoms with E-state index in [1.165, 1.54) is 0 Å². The lowest BCUT2D eigenvalue weighted by atomic mass is 10.0. The lowest BCUT2D eigenvalue weighted by molar-refractivity contribution is 0.122. The van der Waals surface area contributed by atoms with Crippen molar-refractivity contribution in [2.75, 3.05) is 0 Å². The Balaban J connectivity index is 3.54. The van der Waals surface area contributed by atoms with E-state index < -0.39 is 11.6 Å². The minimum absolute atomic E-state index is 0.424. The number of hydrogen-bond acceptors (Lipinski definition) is 2. The van der Waals surface area contributed by atoms with Gasteiger partial charge in [-0.05, 0) is 20.8 Å². The van der Waals surface area contributed by atoms with Crippen LogP contribution in [0.3, 0.4) is 0 Å². The summed E-state index contributed by atoms with van der Waals surface area (Å²) in [6.07, 6.45) is -0.424. The summed E-state index contributed by atoms with van der Waals surface area (Å²) >= 11 is 0. The molecule has 0 aliphatic rings. The van der Waals surface area contributed by atoms with Crippen LogP contribution in [0.5, 0.6) is 0 Å². The fourth-order valence-electron chi connectivity index (χ4n) is 0. The van der Waals surface area contributed by atoms with Gasteiger partial charge in [-0.1, -0.05) is 0 Å². The van der Waals surface area contributed by atoms with Gasteiger partial charge >= 0.3 is 0 Å². The Kier molecular flexibility index (Phi) is 1.78. The van der Waals surface area contributed by atoms with E-state index >= 15 is 0 Å². The molecule has 0 bridgehead atoms. The molecule has 0 rings (SSSR count). The Bertz CT molecular complexity index is 53.6. The molecule has 2 heteroatoms. The van der Waals surface area contributed by atoms with Crippen molar-refractivity contribution >= 4 is 0 Å². The molecule has 0 aromatic heterocycles. The van der Waals surface area contributed by atoms with Crippen molar-refractivity contribution in [1.82, 2.24) is 0 Å². The van der Waals surface area contributed by atoms with Crippen molar-refractivity contribution in [1.29, 1.82) is 0 Å². The fraction of sp³-hybridized carbons (Fsp3) is 1.00. The van der Waals surface area contributed by atoms with Crippen LogP contribution in [-0.2, 0) is 0 Å². The van der Waals surface area contributed by atoms with Crippen LogP contribution in [0.1, 0.15) is 20.8 Å². The zero-order chi connectivity index (χ0) is 6.08. The molecule has 0 aromatic rings. The monoisotopic (exact) mass is 103 g/mol. The maximum atomic E-state index is 8.76. The third kappa shape index (κ3) is 2.60. The van der Waals surface area contributed by atoms with E-state index in [9.17, 15) is 0 Å². The summed E-state index contributed by atoms with van der Waals surface area (Å²) < 4.78 is 0. The summed E-state index contributed by atoms with van der Waals surface area (Å²) in [5, 5.41) is 8.76. The smallest absolute Gasteiger partial charge is 0.0686 e. The molecule has 0 amide bonds. The number of aliphatic hydroxyl groups excluding tert-OH is 1. The quantitative estimate of drug-likeness (QED) is 0.494. The van der Waals surface area contributed by atoms with Crippen LogP contribution >= 0.6 is 0 Å². The van der Waals surface area contributed by atoms with Crippen LogP contribution in [0.15, 0.2) is 0 Å². The van der Waals surface area contributed by atoms with Crippen LogP contribution in [0, 0.1) is 0 Å². The van der Waals surface area contributed by atoms with Gasteiger partial charge in [0.15, 0.2) is 0 Å². The van der Waals surface area contributed by atoms with Gasteiger partial charge in [0.2, 0.25) is 0 Å². The minimum atomic E-state index is -0.444. The normalized spacial score (nSPS) is 16.7. The van der Waals surface area contributed by atoms with E-state index in [1.54, 1.807) is 20.8 Å². The molecule has 0 saturated heterocycles. The van der Waals surface area contributed by atoms with Crippen molar-refractivity contribution in [2.45, 2.75) is 32.4 Å². The third-order valence-corrected chi connectivity index (χ3v) is 1.08. The molecule has 3 N–H and O–H groups in total. The molecule has 0 radical (unpaired) electrons. The van der Waals surface area contributed by atoms with Crippen LogP contribution in [-0.4, -0.2) is 16.7 Å². The van der Waals surface area contributed by atoms with Gasteiger partial charge in [0.25, 0.3) is 0 Å². The van der Waals surface area contributed by atoms with Gasteiger partial charge in [-0.3, -0.25) is 0 Å². The highest BCUT2D eigenvalue weighted by Crippen LogP contribution is 2.01. The molecule has 7 heavy (non-hydrogen) atoms. The van der Waals surface area contributed by atoms with E-state index in [1.807, 2.05) is 0 Å². The molecule has 2 nitrogen and oxygen atoms in total. The number of rotatable bonds is 1. The van der Waals surface area contributed by atoms with E-state index in [4.69, 9.17) is 10.8 Å². The van der Waals surface area contributed by atoms with Crippen molar-refractivity contribution in [3.05, 3.63) is 0 Å². The Morgan fingerprint density at radius 3 is 1.71 bits per heavy atom. The van der Waals surface area contributed by atoms with Crippen LogP contribution in [0.2, 0.25) is 0 Å². The molecule has 0 fully saturated rings. The average Bonchev–Trinajstić information content (AvgIpc) is 1.31. The predicted molar refractivity (Wildman–Crippen MR) is 29.9 cm³/mol. The van der Waals surface area contributed by atoms with E-state index in [2.05, 4.69) is 0 Å². The maximum Gasteiger partial charge on any atom is 0.0686 e. The summed E-state index contributed by atoms with van der Waals surface area (Å²) in [6.45, 7) is 5.26. The van der Waals surface area contributed by atoms with Crippen molar-refractivity contribution in [3.63, 3.8) is 0 Å². The Morgan fingerprint density at radius 1 is 1.57 bits per heavy atom. The van der Waals surface area contributed by atoms with Crippen molar-refractivity contribution in [2.24, 2.45) is 5.73 Å². The van der Waals surface area contributed by atoms with Gasteiger partial charge in [-0.25, -0.2) is 0 Å². The summed E-state index contributed by atoms with van der Waals surface area (Å²) in [4.78, 5) is 0. The Morgan fingerprint density at radius 2 is 1.71 bits per heavy atom. The van der Waals surface area contributed by atoms with E-state index in [0.717, 1.165) is 0 Å². The van der Waals surface area contributed by atoms with Gasteiger partial charge in [0.05, 0.1) is 6.10 Å². The molecular weight excluding hydrogens is 90.1 g/mol. The van der Waals surface area contributed by atoms with Crippen LogP contribution in [0.25, 0.3) is 0 Å². The molecule has 0 saturated carbocycles. The first kappa shape index (κ1) is 6.92. The lowest BCUT2D eigenvalue weighted by Gasteiger charge is -2.21. The Hall–Kier alpha value is -0.0800. The molecule has 0 aromatic carbocycles. The van der Waals surface area contributed by atoms with Gasteiger partial charge in [0.1, 0.15) is 0 Å². The first-order chi connectivity index (χ1) is 2.94. The molecule has 1 atom stereocenters. The maximum absolute atomic E-state index is 8.76. The largest absolute Gasteiger partial charge is 0.392 e. The third-order valence-electron chi connectivity index (χ3n) is 1.08. The topological polar surface area (TPSA) is 46.2 Å². The second-order valence-corrected chi connectivity index (χ2v) is 2.50. The van der Waals surface area contributed by atoms with Crippen LogP contribution in [0.4, 0.5) is 0 Å². The van der Waals surface area contributed by atoms with Crippen molar-refractivity contribution in [3.8, 4) is 0 Å². The standard InChI is InChI=1S/C5H13NO/c1-4(7)5(2,3)6/h4,7H,6H2,1-3H3/t4-/m0/s1. The molecule has 0 aliphatic heterocycles. The SMILES string of the molecule is C[C@H](O)C(C)(C)N. The zero-order valence-electron chi connectivity index (χ0n) is 5.10. The summed E-state index contributed by atoms with van der Waals surface area (Å²) in [5.74, 6) is 0. The summed E-state index contributed by atoms with van der Waals surface area (Å²) in [7, 11) is 0. The summed E-state index contributed by atoms with van der Waals surface area (Å²) in [6, 6.07) is 0. The zero-order valence-corrected chi connectivity index (χ0v) is 5.10. The average molecular weight is 103 g/mol. The number of nitrogens with two attached hydrogens (primary N) is 1. The minimum Gasteiger partial charge on any atom is -0.392 e. The molecule has 44 valence electrons. The highest BCUT2D eigenvalue weighted by atomic mass is 16.3.